The van der Waals surface area contributed by atoms with Crippen molar-refractivity contribution < 1.29 is 4.79 Å². The Morgan fingerprint density at radius 1 is 0.846 bits per heavy atom. The van der Waals surface area contributed by atoms with E-state index in [1.165, 1.54) is 0 Å². The zero-order chi connectivity index (χ0) is 17.9. The summed E-state index contributed by atoms with van der Waals surface area (Å²) in [6.07, 6.45) is 0. The van der Waals surface area contributed by atoms with Crippen LogP contribution >= 0.6 is 11.6 Å². The van der Waals surface area contributed by atoms with E-state index in [2.05, 4.69) is 10.3 Å². The molecule has 0 bridgehead atoms. The normalized spacial score (nSPS) is 10.7. The van der Waals surface area contributed by atoms with Crippen LogP contribution in [0.25, 0.3) is 22.0 Å². The molecular weight excluding hydrogens is 344 g/mol. The van der Waals surface area contributed by atoms with Crippen molar-refractivity contribution in [3.8, 4) is 11.3 Å². The van der Waals surface area contributed by atoms with Crippen LogP contribution in [0.5, 0.6) is 0 Å². The van der Waals surface area contributed by atoms with Gasteiger partial charge in [0.25, 0.3) is 5.91 Å². The average Bonchev–Trinajstić information content (AvgIpc) is 2.68. The first-order valence-corrected chi connectivity index (χ1v) is 8.61. The van der Waals surface area contributed by atoms with E-state index in [0.717, 1.165) is 22.0 Å². The molecule has 4 rings (SSSR count). The predicted octanol–water partition coefficient (Wildman–Crippen LogP) is 5.81. The number of aromatic nitrogens is 1. The lowest BCUT2D eigenvalue weighted by Crippen LogP contribution is -2.14. The Kier molecular flexibility index (Phi) is 4.38. The molecule has 1 aromatic heterocycles. The summed E-state index contributed by atoms with van der Waals surface area (Å²) >= 11 is 6.38. The topological polar surface area (TPSA) is 42.0 Å². The predicted molar refractivity (Wildman–Crippen MR) is 107 cm³/mol. The van der Waals surface area contributed by atoms with Crippen LogP contribution in [0.2, 0.25) is 5.02 Å². The number of anilines is 1. The molecule has 0 fully saturated rings. The molecule has 3 aromatic carbocycles. The van der Waals surface area contributed by atoms with Gasteiger partial charge in [0.05, 0.1) is 5.69 Å². The number of para-hydroxylation sites is 1. The van der Waals surface area contributed by atoms with Crippen molar-refractivity contribution in [1.29, 1.82) is 0 Å². The highest BCUT2D eigenvalue weighted by Gasteiger charge is 2.15. The second-order valence-corrected chi connectivity index (χ2v) is 6.28. The Bertz CT molecular complexity index is 1090. The summed E-state index contributed by atoms with van der Waals surface area (Å²) in [6, 6.07) is 26.5. The number of fused-ring (bicyclic) bond motifs is 1. The van der Waals surface area contributed by atoms with E-state index in [1.54, 1.807) is 6.07 Å². The molecule has 1 amide bonds. The Hall–Kier alpha value is -3.17. The molecule has 0 radical (unpaired) electrons. The van der Waals surface area contributed by atoms with E-state index < -0.39 is 0 Å². The molecule has 4 heteroatoms. The number of nitrogens with zero attached hydrogens (tertiary/aromatic N) is 1. The lowest BCUT2D eigenvalue weighted by Gasteiger charge is -2.11. The monoisotopic (exact) mass is 358 g/mol. The molecule has 1 heterocycles. The summed E-state index contributed by atoms with van der Waals surface area (Å²) in [5, 5.41) is 5.38. The van der Waals surface area contributed by atoms with E-state index in [4.69, 9.17) is 11.6 Å². The maximum absolute atomic E-state index is 12.7. The first-order chi connectivity index (χ1) is 12.7. The standard InChI is InChI=1S/C22H15ClN2O/c23-19-13-7-6-12-18(19)21-17-11-5-4-8-15(17)14-20(25-21)22(26)24-16-9-2-1-3-10-16/h1-14H,(H,24,26). The Morgan fingerprint density at radius 3 is 2.35 bits per heavy atom. The number of benzene rings is 3. The first kappa shape index (κ1) is 16.3. The van der Waals surface area contributed by atoms with Crippen LogP contribution in [0.1, 0.15) is 10.5 Å². The first-order valence-electron chi connectivity index (χ1n) is 8.23. The van der Waals surface area contributed by atoms with Crippen LogP contribution in [0, 0.1) is 0 Å². The summed E-state index contributed by atoms with van der Waals surface area (Å²) in [5.41, 5.74) is 2.58. The van der Waals surface area contributed by atoms with Crippen molar-refractivity contribution in [3.05, 3.63) is 95.6 Å². The fourth-order valence-corrected chi connectivity index (χ4v) is 3.12. The van der Waals surface area contributed by atoms with Gasteiger partial charge in [0.2, 0.25) is 0 Å². The molecule has 4 aromatic rings. The fourth-order valence-electron chi connectivity index (χ4n) is 2.89. The van der Waals surface area contributed by atoms with Gasteiger partial charge in [-0.15, -0.1) is 0 Å². The maximum Gasteiger partial charge on any atom is 0.274 e. The number of carbonyl (C=O) groups excluding carboxylic acids is 1. The van der Waals surface area contributed by atoms with Crippen LogP contribution in [0.15, 0.2) is 84.9 Å². The molecule has 0 saturated heterocycles. The second-order valence-electron chi connectivity index (χ2n) is 5.88. The number of nitrogens with one attached hydrogen (secondary N) is 1. The molecule has 26 heavy (non-hydrogen) atoms. The summed E-state index contributed by atoms with van der Waals surface area (Å²) < 4.78 is 0. The maximum atomic E-state index is 12.7. The van der Waals surface area contributed by atoms with E-state index in [9.17, 15) is 4.79 Å². The zero-order valence-electron chi connectivity index (χ0n) is 13.8. The van der Waals surface area contributed by atoms with Crippen molar-refractivity contribution in [2.75, 3.05) is 5.32 Å². The van der Waals surface area contributed by atoms with Crippen molar-refractivity contribution in [2.24, 2.45) is 0 Å². The lowest BCUT2D eigenvalue weighted by molar-refractivity contribution is 0.102. The number of halogens is 1. The van der Waals surface area contributed by atoms with Gasteiger partial charge in [0, 0.05) is 21.7 Å². The third-order valence-corrected chi connectivity index (χ3v) is 4.46. The fraction of sp³-hybridized carbons (Fsp3) is 0. The average molecular weight is 359 g/mol. The third-order valence-electron chi connectivity index (χ3n) is 4.13. The van der Waals surface area contributed by atoms with Gasteiger partial charge in [-0.2, -0.15) is 0 Å². The van der Waals surface area contributed by atoms with Gasteiger partial charge in [-0.05, 0) is 29.7 Å². The molecule has 126 valence electrons. The number of pyridine rings is 1. The van der Waals surface area contributed by atoms with Crippen LogP contribution < -0.4 is 5.32 Å². The van der Waals surface area contributed by atoms with E-state index in [-0.39, 0.29) is 5.91 Å². The van der Waals surface area contributed by atoms with E-state index in [1.807, 2.05) is 78.9 Å². The highest BCUT2D eigenvalue weighted by atomic mass is 35.5. The largest absolute Gasteiger partial charge is 0.321 e. The molecule has 0 aliphatic carbocycles. The van der Waals surface area contributed by atoms with Gasteiger partial charge in [0.15, 0.2) is 0 Å². The molecule has 3 nitrogen and oxygen atoms in total. The molecular formula is C22H15ClN2O. The van der Waals surface area contributed by atoms with E-state index >= 15 is 0 Å². The second kappa shape index (κ2) is 6.98. The van der Waals surface area contributed by atoms with Gasteiger partial charge in [-0.1, -0.05) is 72.3 Å². The van der Waals surface area contributed by atoms with Crippen molar-refractivity contribution in [2.45, 2.75) is 0 Å². The van der Waals surface area contributed by atoms with Gasteiger partial charge in [0.1, 0.15) is 5.69 Å². The molecule has 0 aliphatic heterocycles. The zero-order valence-corrected chi connectivity index (χ0v) is 14.6. The van der Waals surface area contributed by atoms with Gasteiger partial charge >= 0.3 is 0 Å². The lowest BCUT2D eigenvalue weighted by atomic mass is 10.0. The SMILES string of the molecule is O=C(Nc1ccccc1)c1cc2ccccc2c(-c2ccccc2Cl)n1. The number of carbonyl (C=O) groups is 1. The summed E-state index contributed by atoms with van der Waals surface area (Å²) in [6.45, 7) is 0. The van der Waals surface area contributed by atoms with Gasteiger partial charge in [-0.25, -0.2) is 4.98 Å². The van der Waals surface area contributed by atoms with Crippen LogP contribution in [-0.4, -0.2) is 10.9 Å². The van der Waals surface area contributed by atoms with Crippen LogP contribution in [0.3, 0.4) is 0 Å². The van der Waals surface area contributed by atoms with Crippen molar-refractivity contribution >= 4 is 34.0 Å². The minimum absolute atomic E-state index is 0.254. The van der Waals surface area contributed by atoms with Crippen molar-refractivity contribution in [3.63, 3.8) is 0 Å². The molecule has 0 saturated carbocycles. The smallest absolute Gasteiger partial charge is 0.274 e. The quantitative estimate of drug-likeness (QED) is 0.502. The molecule has 0 unspecified atom stereocenters. The van der Waals surface area contributed by atoms with Crippen LogP contribution in [-0.2, 0) is 0 Å². The molecule has 0 spiro atoms. The summed E-state index contributed by atoms with van der Waals surface area (Å²) in [7, 11) is 0. The summed E-state index contributed by atoms with van der Waals surface area (Å²) in [4.78, 5) is 17.4. The highest BCUT2D eigenvalue weighted by molar-refractivity contribution is 6.33. The molecule has 0 aliphatic rings. The number of hydrogen-bond acceptors (Lipinski definition) is 2. The number of hydrogen-bond donors (Lipinski definition) is 1. The summed E-state index contributed by atoms with van der Waals surface area (Å²) in [5.74, 6) is -0.254. The highest BCUT2D eigenvalue weighted by Crippen LogP contribution is 2.32. The minimum Gasteiger partial charge on any atom is -0.321 e. The Balaban J connectivity index is 1.84. The van der Waals surface area contributed by atoms with Crippen molar-refractivity contribution in [1.82, 2.24) is 4.98 Å². The third kappa shape index (κ3) is 3.17. The molecule has 1 N–H and O–H groups in total. The Morgan fingerprint density at radius 2 is 1.54 bits per heavy atom. The minimum atomic E-state index is -0.254. The van der Waals surface area contributed by atoms with E-state index in [0.29, 0.717) is 16.4 Å². The van der Waals surface area contributed by atoms with Gasteiger partial charge in [-0.3, -0.25) is 4.79 Å². The van der Waals surface area contributed by atoms with Crippen LogP contribution in [0.4, 0.5) is 5.69 Å². The Labute approximate surface area is 156 Å². The van der Waals surface area contributed by atoms with Gasteiger partial charge < -0.3 is 5.32 Å². The number of rotatable bonds is 3. The molecule has 0 atom stereocenters. The number of amides is 1.